The Morgan fingerprint density at radius 3 is 2.85 bits per heavy atom. The lowest BCUT2D eigenvalue weighted by Gasteiger charge is -2.32. The Hall–Kier alpha value is -0.570. The summed E-state index contributed by atoms with van der Waals surface area (Å²) in [6, 6.07) is 0. The van der Waals surface area contributed by atoms with Crippen LogP contribution < -0.4 is 0 Å². The molecule has 0 aliphatic carbocycles. The average molecular weight is 183 g/mol. The van der Waals surface area contributed by atoms with Crippen LogP contribution in [0.2, 0.25) is 0 Å². The summed E-state index contributed by atoms with van der Waals surface area (Å²) in [5.41, 5.74) is 0. The minimum absolute atomic E-state index is 0.148. The molecule has 0 radical (unpaired) electrons. The van der Waals surface area contributed by atoms with Crippen LogP contribution in [0, 0.1) is 17.8 Å². The Bertz CT molecular complexity index is 217. The first-order valence-corrected chi connectivity index (χ1v) is 5.13. The Labute approximate surface area is 78.7 Å². The molecule has 0 aromatic heterocycles. The van der Waals surface area contributed by atoms with Gasteiger partial charge in [0.25, 0.3) is 0 Å². The van der Waals surface area contributed by atoms with E-state index in [-0.39, 0.29) is 5.92 Å². The van der Waals surface area contributed by atoms with Crippen molar-refractivity contribution in [3.8, 4) is 0 Å². The number of carbonyl (C=O) groups is 1. The van der Waals surface area contributed by atoms with Crippen molar-refractivity contribution in [2.75, 3.05) is 19.6 Å². The molecular formula is C10H17NO2. The van der Waals surface area contributed by atoms with Crippen LogP contribution in [0.5, 0.6) is 0 Å². The van der Waals surface area contributed by atoms with Crippen molar-refractivity contribution < 1.29 is 9.90 Å². The third-order valence-corrected chi connectivity index (χ3v) is 3.72. The highest BCUT2D eigenvalue weighted by Crippen LogP contribution is 2.36. The maximum absolute atomic E-state index is 10.9. The van der Waals surface area contributed by atoms with Gasteiger partial charge in [-0.15, -0.1) is 0 Å². The number of piperidine rings is 1. The van der Waals surface area contributed by atoms with E-state index in [9.17, 15) is 4.79 Å². The molecule has 2 saturated heterocycles. The Kier molecular flexibility index (Phi) is 2.28. The predicted octanol–water partition coefficient (Wildman–Crippen LogP) is 1.05. The van der Waals surface area contributed by atoms with Crippen LogP contribution in [0.4, 0.5) is 0 Å². The molecule has 0 aromatic carbocycles. The van der Waals surface area contributed by atoms with Crippen LogP contribution in [0.1, 0.15) is 19.8 Å². The smallest absolute Gasteiger partial charge is 0.306 e. The number of hydrogen-bond acceptors (Lipinski definition) is 2. The molecule has 2 heterocycles. The van der Waals surface area contributed by atoms with Crippen LogP contribution in [0.25, 0.3) is 0 Å². The van der Waals surface area contributed by atoms with Gasteiger partial charge in [-0.25, -0.2) is 0 Å². The lowest BCUT2D eigenvalue weighted by Crippen LogP contribution is -2.37. The van der Waals surface area contributed by atoms with Crippen LogP contribution in [-0.2, 0) is 4.79 Å². The van der Waals surface area contributed by atoms with Crippen molar-refractivity contribution in [2.24, 2.45) is 17.8 Å². The minimum Gasteiger partial charge on any atom is -0.481 e. The van der Waals surface area contributed by atoms with Gasteiger partial charge in [0, 0.05) is 6.54 Å². The van der Waals surface area contributed by atoms with Gasteiger partial charge in [0.1, 0.15) is 0 Å². The molecular weight excluding hydrogens is 166 g/mol. The zero-order chi connectivity index (χ0) is 9.42. The molecule has 13 heavy (non-hydrogen) atoms. The lowest BCUT2D eigenvalue weighted by atomic mass is 9.78. The van der Waals surface area contributed by atoms with E-state index in [1.165, 1.54) is 13.0 Å². The highest BCUT2D eigenvalue weighted by Gasteiger charge is 2.38. The maximum atomic E-state index is 10.9. The van der Waals surface area contributed by atoms with Crippen molar-refractivity contribution in [2.45, 2.75) is 19.8 Å². The van der Waals surface area contributed by atoms with Crippen LogP contribution in [0.15, 0.2) is 0 Å². The van der Waals surface area contributed by atoms with E-state index in [0.29, 0.717) is 11.8 Å². The van der Waals surface area contributed by atoms with Gasteiger partial charge in [0.2, 0.25) is 0 Å². The van der Waals surface area contributed by atoms with E-state index < -0.39 is 5.97 Å². The number of nitrogens with zero attached hydrogens (tertiary/aromatic N) is 1. The molecule has 4 atom stereocenters. The second-order valence-electron chi connectivity index (χ2n) is 4.43. The zero-order valence-electron chi connectivity index (χ0n) is 8.07. The molecule has 0 spiro atoms. The highest BCUT2D eigenvalue weighted by atomic mass is 16.4. The molecule has 2 rings (SSSR count). The normalized spacial score (nSPS) is 40.2. The Morgan fingerprint density at radius 2 is 2.15 bits per heavy atom. The molecule has 1 N–H and O–H groups in total. The van der Waals surface area contributed by atoms with Gasteiger partial charge in [0.15, 0.2) is 0 Å². The second-order valence-corrected chi connectivity index (χ2v) is 4.43. The third-order valence-electron chi connectivity index (χ3n) is 3.72. The summed E-state index contributed by atoms with van der Waals surface area (Å²) in [6.45, 7) is 5.30. The fraction of sp³-hybridized carbons (Fsp3) is 0.900. The molecule has 3 nitrogen and oxygen atoms in total. The van der Waals surface area contributed by atoms with Gasteiger partial charge in [-0.3, -0.25) is 4.79 Å². The number of aliphatic carboxylic acids is 1. The molecule has 3 heteroatoms. The van der Waals surface area contributed by atoms with Crippen molar-refractivity contribution in [3.05, 3.63) is 0 Å². The van der Waals surface area contributed by atoms with Crippen molar-refractivity contribution in [1.29, 1.82) is 0 Å². The molecule has 2 fully saturated rings. The van der Waals surface area contributed by atoms with Gasteiger partial charge in [0.05, 0.1) is 5.92 Å². The summed E-state index contributed by atoms with van der Waals surface area (Å²) in [6.07, 6.45) is 2.29. The van der Waals surface area contributed by atoms with Crippen LogP contribution >= 0.6 is 0 Å². The fourth-order valence-electron chi connectivity index (χ4n) is 2.82. The number of carboxylic acid groups (broad SMARTS) is 1. The number of fused-ring (bicyclic) bond motifs is 2. The second kappa shape index (κ2) is 3.29. The molecule has 2 aliphatic heterocycles. The molecule has 4 unspecified atom stereocenters. The van der Waals surface area contributed by atoms with Gasteiger partial charge in [-0.1, -0.05) is 6.92 Å². The summed E-state index contributed by atoms with van der Waals surface area (Å²) in [5, 5.41) is 8.95. The third kappa shape index (κ3) is 1.57. The van der Waals surface area contributed by atoms with E-state index in [1.54, 1.807) is 0 Å². The minimum atomic E-state index is -0.620. The van der Waals surface area contributed by atoms with Gasteiger partial charge >= 0.3 is 5.97 Å². The summed E-state index contributed by atoms with van der Waals surface area (Å²) >= 11 is 0. The monoisotopic (exact) mass is 183 g/mol. The summed E-state index contributed by atoms with van der Waals surface area (Å²) < 4.78 is 0. The van der Waals surface area contributed by atoms with E-state index in [1.807, 2.05) is 6.92 Å². The van der Waals surface area contributed by atoms with Gasteiger partial charge in [-0.2, -0.15) is 0 Å². The molecule has 0 saturated carbocycles. The van der Waals surface area contributed by atoms with Crippen molar-refractivity contribution in [3.63, 3.8) is 0 Å². The standard InChI is InChI=1S/C10H17NO2/c1-7(10(12)13)9-3-5-11-4-2-8(9)6-11/h7-9H,2-6H2,1H3,(H,12,13). The van der Waals surface area contributed by atoms with Gasteiger partial charge < -0.3 is 10.0 Å². The van der Waals surface area contributed by atoms with E-state index >= 15 is 0 Å². The number of rotatable bonds is 2. The topological polar surface area (TPSA) is 40.5 Å². The Morgan fingerprint density at radius 1 is 1.46 bits per heavy atom. The Balaban J connectivity index is 2.03. The van der Waals surface area contributed by atoms with Gasteiger partial charge in [-0.05, 0) is 37.8 Å². The van der Waals surface area contributed by atoms with Crippen molar-refractivity contribution >= 4 is 5.97 Å². The van der Waals surface area contributed by atoms with E-state index in [0.717, 1.165) is 19.5 Å². The van der Waals surface area contributed by atoms with Crippen LogP contribution in [0.3, 0.4) is 0 Å². The van der Waals surface area contributed by atoms with Crippen molar-refractivity contribution in [1.82, 2.24) is 4.90 Å². The molecule has 2 bridgehead atoms. The molecule has 74 valence electrons. The predicted molar refractivity (Wildman–Crippen MR) is 49.5 cm³/mol. The first-order chi connectivity index (χ1) is 6.18. The van der Waals surface area contributed by atoms with Crippen LogP contribution in [-0.4, -0.2) is 35.6 Å². The number of hydrogen-bond donors (Lipinski definition) is 1. The molecule has 0 amide bonds. The summed E-state index contributed by atoms with van der Waals surface area (Å²) in [5.74, 6) is 0.312. The maximum Gasteiger partial charge on any atom is 0.306 e. The zero-order valence-corrected chi connectivity index (χ0v) is 8.07. The largest absolute Gasteiger partial charge is 0.481 e. The quantitative estimate of drug-likeness (QED) is 0.695. The van der Waals surface area contributed by atoms with E-state index in [4.69, 9.17) is 5.11 Å². The molecule has 0 aromatic rings. The fourth-order valence-corrected chi connectivity index (χ4v) is 2.82. The lowest BCUT2D eigenvalue weighted by molar-refractivity contribution is -0.144. The number of carboxylic acids is 1. The first kappa shape index (κ1) is 9.00. The molecule has 2 aliphatic rings. The SMILES string of the molecule is CC(C(=O)O)C1CCN2CCC1C2. The summed E-state index contributed by atoms with van der Waals surface area (Å²) in [4.78, 5) is 13.3. The van der Waals surface area contributed by atoms with E-state index in [2.05, 4.69) is 4.90 Å². The first-order valence-electron chi connectivity index (χ1n) is 5.13. The summed E-state index contributed by atoms with van der Waals surface area (Å²) in [7, 11) is 0. The average Bonchev–Trinajstić information content (AvgIpc) is 2.47. The highest BCUT2D eigenvalue weighted by molar-refractivity contribution is 5.69.